The van der Waals surface area contributed by atoms with Crippen LogP contribution in [0, 0.1) is 12.8 Å². The van der Waals surface area contributed by atoms with E-state index in [-0.39, 0.29) is 11.9 Å². The van der Waals surface area contributed by atoms with Gasteiger partial charge in [-0.2, -0.15) is 0 Å². The summed E-state index contributed by atoms with van der Waals surface area (Å²) in [5.41, 5.74) is 1.65. The summed E-state index contributed by atoms with van der Waals surface area (Å²) in [6.07, 6.45) is 2.43. The van der Waals surface area contributed by atoms with Gasteiger partial charge in [-0.25, -0.2) is 0 Å². The Kier molecular flexibility index (Phi) is 3.13. The van der Waals surface area contributed by atoms with Crippen LogP contribution in [-0.4, -0.2) is 11.9 Å². The number of carbonyl (C=O) groups excluding carboxylic acids is 1. The van der Waals surface area contributed by atoms with Crippen molar-refractivity contribution in [3.8, 4) is 0 Å². The highest BCUT2D eigenvalue weighted by atomic mass is 79.9. The topological polar surface area (TPSA) is 42.2 Å². The van der Waals surface area contributed by atoms with Crippen molar-refractivity contribution >= 4 is 32.8 Å². The molecule has 19 heavy (non-hydrogen) atoms. The van der Waals surface area contributed by atoms with Gasteiger partial charge in [-0.15, -0.1) is 0 Å². The third-order valence-corrected chi connectivity index (χ3v) is 4.29. The van der Waals surface area contributed by atoms with Gasteiger partial charge in [-0.05, 0) is 50.8 Å². The van der Waals surface area contributed by atoms with Crippen LogP contribution in [0.1, 0.15) is 35.9 Å². The number of amides is 1. The number of hydrogen-bond donors (Lipinski definition) is 1. The Morgan fingerprint density at radius 2 is 2.21 bits per heavy atom. The third kappa shape index (κ3) is 2.41. The third-order valence-electron chi connectivity index (χ3n) is 3.79. The number of aryl methyl sites for hydroxylation is 1. The molecule has 3 nitrogen and oxygen atoms in total. The lowest BCUT2D eigenvalue weighted by molar-refractivity contribution is 0.0909. The highest BCUT2D eigenvalue weighted by Gasteiger charge is 2.30. The summed E-state index contributed by atoms with van der Waals surface area (Å²) < 4.78 is 6.67. The number of halogens is 1. The lowest BCUT2D eigenvalue weighted by Gasteiger charge is -2.11. The van der Waals surface area contributed by atoms with Crippen molar-refractivity contribution in [3.05, 3.63) is 34.0 Å². The van der Waals surface area contributed by atoms with E-state index in [1.54, 1.807) is 0 Å². The molecule has 0 radical (unpaired) electrons. The van der Waals surface area contributed by atoms with Gasteiger partial charge in [0.15, 0.2) is 5.76 Å². The lowest BCUT2D eigenvalue weighted by atomic mass is 10.1. The molecule has 2 aromatic rings. The first-order chi connectivity index (χ1) is 9.06. The summed E-state index contributed by atoms with van der Waals surface area (Å²) in [6, 6.07) is 6.01. The molecule has 4 heteroatoms. The molecule has 1 unspecified atom stereocenters. The van der Waals surface area contributed by atoms with Crippen molar-refractivity contribution in [2.75, 3.05) is 0 Å². The highest BCUT2D eigenvalue weighted by molar-refractivity contribution is 9.10. The van der Waals surface area contributed by atoms with E-state index in [1.807, 2.05) is 25.1 Å². The van der Waals surface area contributed by atoms with Gasteiger partial charge in [0.05, 0.1) is 0 Å². The first-order valence-corrected chi connectivity index (χ1v) is 7.35. The Hall–Kier alpha value is -1.29. The Morgan fingerprint density at radius 1 is 1.47 bits per heavy atom. The molecule has 1 amide bonds. The van der Waals surface area contributed by atoms with Crippen LogP contribution in [0.25, 0.3) is 11.0 Å². The fourth-order valence-corrected chi connectivity index (χ4v) is 2.76. The quantitative estimate of drug-likeness (QED) is 0.927. The number of fused-ring (bicyclic) bond motifs is 1. The van der Waals surface area contributed by atoms with Crippen molar-refractivity contribution in [1.29, 1.82) is 0 Å². The Bertz CT molecular complexity index is 643. The van der Waals surface area contributed by atoms with E-state index in [0.717, 1.165) is 21.0 Å². The SMILES string of the molecule is Cc1c(C(=O)NC(C)C2CC2)oc2ccc(Br)cc12. The highest BCUT2D eigenvalue weighted by Crippen LogP contribution is 2.33. The second kappa shape index (κ2) is 4.67. The number of rotatable bonds is 3. The van der Waals surface area contributed by atoms with Gasteiger partial charge in [0.1, 0.15) is 5.58 Å². The molecule has 1 atom stereocenters. The van der Waals surface area contributed by atoms with Crippen LogP contribution in [0.4, 0.5) is 0 Å². The summed E-state index contributed by atoms with van der Waals surface area (Å²) >= 11 is 3.44. The number of hydrogen-bond acceptors (Lipinski definition) is 2. The summed E-state index contributed by atoms with van der Waals surface area (Å²) in [5.74, 6) is 0.965. The number of benzene rings is 1. The maximum Gasteiger partial charge on any atom is 0.287 e. The van der Waals surface area contributed by atoms with Gasteiger partial charge in [-0.1, -0.05) is 15.9 Å². The molecule has 0 bridgehead atoms. The summed E-state index contributed by atoms with van der Waals surface area (Å²) in [4.78, 5) is 12.2. The Labute approximate surface area is 120 Å². The maximum absolute atomic E-state index is 12.2. The minimum Gasteiger partial charge on any atom is -0.451 e. The monoisotopic (exact) mass is 321 g/mol. The Morgan fingerprint density at radius 3 is 2.89 bits per heavy atom. The van der Waals surface area contributed by atoms with Gasteiger partial charge >= 0.3 is 0 Å². The molecular formula is C15H16BrNO2. The van der Waals surface area contributed by atoms with Crippen LogP contribution in [0.2, 0.25) is 0 Å². The van der Waals surface area contributed by atoms with Crippen molar-refractivity contribution in [2.24, 2.45) is 5.92 Å². The molecule has 1 aromatic carbocycles. The first-order valence-electron chi connectivity index (χ1n) is 6.56. The second-order valence-corrected chi connectivity index (χ2v) is 6.21. The van der Waals surface area contributed by atoms with Crippen molar-refractivity contribution in [2.45, 2.75) is 32.7 Å². The smallest absolute Gasteiger partial charge is 0.287 e. The van der Waals surface area contributed by atoms with Gasteiger partial charge in [0.2, 0.25) is 0 Å². The van der Waals surface area contributed by atoms with Gasteiger partial charge in [0.25, 0.3) is 5.91 Å². The van der Waals surface area contributed by atoms with E-state index in [1.165, 1.54) is 12.8 Å². The zero-order valence-electron chi connectivity index (χ0n) is 11.0. The zero-order chi connectivity index (χ0) is 13.6. The molecular weight excluding hydrogens is 306 g/mol. The van der Waals surface area contributed by atoms with E-state index >= 15 is 0 Å². The first kappa shape index (κ1) is 12.7. The zero-order valence-corrected chi connectivity index (χ0v) is 12.6. The van der Waals surface area contributed by atoms with Gasteiger partial charge < -0.3 is 9.73 Å². The molecule has 1 aliphatic carbocycles. The molecule has 1 aliphatic rings. The predicted octanol–water partition coefficient (Wildman–Crippen LogP) is 4.03. The molecule has 1 fully saturated rings. The predicted molar refractivity (Wildman–Crippen MR) is 78.3 cm³/mol. The minimum absolute atomic E-state index is 0.107. The average molecular weight is 322 g/mol. The molecule has 1 saturated carbocycles. The van der Waals surface area contributed by atoms with Crippen LogP contribution in [-0.2, 0) is 0 Å². The van der Waals surface area contributed by atoms with Crippen molar-refractivity contribution in [3.63, 3.8) is 0 Å². The molecule has 1 heterocycles. The van der Waals surface area contributed by atoms with E-state index < -0.39 is 0 Å². The van der Waals surface area contributed by atoms with E-state index in [4.69, 9.17) is 4.42 Å². The van der Waals surface area contributed by atoms with Crippen molar-refractivity contribution in [1.82, 2.24) is 5.32 Å². The van der Waals surface area contributed by atoms with Crippen LogP contribution in [0.15, 0.2) is 27.1 Å². The molecule has 0 saturated heterocycles. The van der Waals surface area contributed by atoms with E-state index in [9.17, 15) is 4.79 Å². The molecule has 0 spiro atoms. The van der Waals surface area contributed by atoms with Crippen LogP contribution < -0.4 is 5.32 Å². The van der Waals surface area contributed by atoms with Crippen LogP contribution in [0.3, 0.4) is 0 Å². The van der Waals surface area contributed by atoms with Crippen LogP contribution in [0.5, 0.6) is 0 Å². The number of carbonyl (C=O) groups is 1. The molecule has 1 aromatic heterocycles. The fourth-order valence-electron chi connectivity index (χ4n) is 2.40. The number of nitrogens with one attached hydrogen (secondary N) is 1. The normalized spacial score (nSPS) is 16.6. The van der Waals surface area contributed by atoms with E-state index in [0.29, 0.717) is 11.7 Å². The molecule has 1 N–H and O–H groups in total. The van der Waals surface area contributed by atoms with Gasteiger partial charge in [0, 0.05) is 21.5 Å². The second-order valence-electron chi connectivity index (χ2n) is 5.30. The van der Waals surface area contributed by atoms with Crippen molar-refractivity contribution < 1.29 is 9.21 Å². The lowest BCUT2D eigenvalue weighted by Crippen LogP contribution is -2.34. The molecule has 0 aliphatic heterocycles. The molecule has 100 valence electrons. The van der Waals surface area contributed by atoms with Gasteiger partial charge in [-0.3, -0.25) is 4.79 Å². The average Bonchev–Trinajstić information content (AvgIpc) is 3.16. The standard InChI is InChI=1S/C15H16BrNO2/c1-8-12-7-11(16)5-6-13(12)19-14(8)15(18)17-9(2)10-3-4-10/h5-7,9-10H,3-4H2,1-2H3,(H,17,18). The number of furan rings is 1. The maximum atomic E-state index is 12.2. The van der Waals surface area contributed by atoms with E-state index in [2.05, 4.69) is 28.2 Å². The largest absolute Gasteiger partial charge is 0.451 e. The summed E-state index contributed by atoms with van der Waals surface area (Å²) in [5, 5.41) is 4.01. The van der Waals surface area contributed by atoms with Crippen LogP contribution >= 0.6 is 15.9 Å². The summed E-state index contributed by atoms with van der Waals surface area (Å²) in [6.45, 7) is 3.99. The minimum atomic E-state index is -0.107. The Balaban J connectivity index is 1.91. The molecule has 3 rings (SSSR count). The summed E-state index contributed by atoms with van der Waals surface area (Å²) in [7, 11) is 0. The fraction of sp³-hybridized carbons (Fsp3) is 0.400.